The van der Waals surface area contributed by atoms with E-state index < -0.39 is 0 Å². The molecule has 1 fully saturated rings. The summed E-state index contributed by atoms with van der Waals surface area (Å²) in [6.45, 7) is 0. The Bertz CT molecular complexity index is 726. The average Bonchev–Trinajstić information content (AvgIpc) is 2.77. The van der Waals surface area contributed by atoms with Crippen molar-refractivity contribution < 1.29 is 14.0 Å². The van der Waals surface area contributed by atoms with Crippen LogP contribution in [0, 0.1) is 5.82 Å². The first-order chi connectivity index (χ1) is 10.1. The number of anilines is 1. The molecule has 0 aliphatic carbocycles. The first-order valence-electron chi connectivity index (χ1n) is 6.24. The number of benzene rings is 2. The highest BCUT2D eigenvalue weighted by Crippen LogP contribution is 2.35. The van der Waals surface area contributed by atoms with Crippen LogP contribution >= 0.6 is 11.8 Å². The van der Waals surface area contributed by atoms with Crippen molar-refractivity contribution in [2.75, 3.05) is 4.90 Å². The van der Waals surface area contributed by atoms with E-state index in [9.17, 15) is 14.0 Å². The van der Waals surface area contributed by atoms with Gasteiger partial charge in [-0.05, 0) is 47.7 Å². The van der Waals surface area contributed by atoms with Gasteiger partial charge in [-0.2, -0.15) is 0 Å². The molecule has 0 atom stereocenters. The van der Waals surface area contributed by atoms with Gasteiger partial charge in [0.2, 0.25) is 0 Å². The summed E-state index contributed by atoms with van der Waals surface area (Å²) < 4.78 is 12.9. The molecule has 1 saturated heterocycles. The van der Waals surface area contributed by atoms with Crippen LogP contribution in [0.5, 0.6) is 0 Å². The van der Waals surface area contributed by atoms with E-state index in [1.54, 1.807) is 42.5 Å². The van der Waals surface area contributed by atoms with Crippen LogP contribution in [0.15, 0.2) is 59.5 Å². The number of amides is 2. The average molecular weight is 299 g/mol. The van der Waals surface area contributed by atoms with Gasteiger partial charge >= 0.3 is 0 Å². The SMILES string of the molecule is O=C1S/C(=C/c2ccc(F)cc2)C(=O)N1c1ccccc1. The molecule has 0 saturated carbocycles. The molecule has 21 heavy (non-hydrogen) atoms. The van der Waals surface area contributed by atoms with Gasteiger partial charge < -0.3 is 0 Å². The Morgan fingerprint density at radius 3 is 2.29 bits per heavy atom. The van der Waals surface area contributed by atoms with Gasteiger partial charge in [0.05, 0.1) is 10.6 Å². The summed E-state index contributed by atoms with van der Waals surface area (Å²) >= 11 is 0.880. The molecule has 2 aromatic carbocycles. The van der Waals surface area contributed by atoms with Gasteiger partial charge in [0.1, 0.15) is 5.82 Å². The Labute approximate surface area is 125 Å². The Morgan fingerprint density at radius 1 is 0.952 bits per heavy atom. The summed E-state index contributed by atoms with van der Waals surface area (Å²) in [4.78, 5) is 25.8. The lowest BCUT2D eigenvalue weighted by Crippen LogP contribution is -2.27. The van der Waals surface area contributed by atoms with E-state index in [0.717, 1.165) is 16.7 Å². The summed E-state index contributed by atoms with van der Waals surface area (Å²) in [5.41, 5.74) is 1.22. The molecule has 0 unspecified atom stereocenters. The number of rotatable bonds is 2. The number of thioether (sulfide) groups is 1. The van der Waals surface area contributed by atoms with Crippen molar-refractivity contribution in [2.24, 2.45) is 0 Å². The normalized spacial score (nSPS) is 16.8. The van der Waals surface area contributed by atoms with Crippen molar-refractivity contribution in [1.29, 1.82) is 0 Å². The first kappa shape index (κ1) is 13.6. The molecule has 0 N–H and O–H groups in total. The molecule has 2 amide bonds. The van der Waals surface area contributed by atoms with Gasteiger partial charge in [-0.1, -0.05) is 30.3 Å². The van der Waals surface area contributed by atoms with Crippen LogP contribution in [0.1, 0.15) is 5.56 Å². The predicted molar refractivity (Wildman–Crippen MR) is 81.3 cm³/mol. The maximum absolute atomic E-state index is 12.9. The van der Waals surface area contributed by atoms with Crippen LogP contribution in [-0.2, 0) is 4.79 Å². The minimum absolute atomic E-state index is 0.329. The van der Waals surface area contributed by atoms with Crippen LogP contribution in [0.3, 0.4) is 0 Å². The number of hydrogen-bond donors (Lipinski definition) is 0. The van der Waals surface area contributed by atoms with E-state index >= 15 is 0 Å². The molecule has 5 heteroatoms. The van der Waals surface area contributed by atoms with Crippen molar-refractivity contribution in [1.82, 2.24) is 0 Å². The van der Waals surface area contributed by atoms with Crippen LogP contribution < -0.4 is 4.90 Å². The van der Waals surface area contributed by atoms with Crippen LogP contribution in [-0.4, -0.2) is 11.1 Å². The van der Waals surface area contributed by atoms with E-state index in [2.05, 4.69) is 0 Å². The second-order valence-electron chi connectivity index (χ2n) is 4.40. The third-order valence-electron chi connectivity index (χ3n) is 2.98. The van der Waals surface area contributed by atoms with Gasteiger partial charge in [0.15, 0.2) is 0 Å². The topological polar surface area (TPSA) is 37.4 Å². The summed E-state index contributed by atoms with van der Waals surface area (Å²) in [5, 5.41) is -0.334. The molecular formula is C16H10FNO2S. The van der Waals surface area contributed by atoms with Gasteiger partial charge in [0, 0.05) is 0 Å². The van der Waals surface area contributed by atoms with E-state index in [4.69, 9.17) is 0 Å². The molecule has 1 aliphatic heterocycles. The monoisotopic (exact) mass is 299 g/mol. The second kappa shape index (κ2) is 5.54. The van der Waals surface area contributed by atoms with Gasteiger partial charge in [0.25, 0.3) is 11.1 Å². The van der Waals surface area contributed by atoms with Crippen LogP contribution in [0.25, 0.3) is 6.08 Å². The molecule has 0 radical (unpaired) electrons. The molecule has 0 aromatic heterocycles. The number of nitrogens with zero attached hydrogens (tertiary/aromatic N) is 1. The van der Waals surface area contributed by atoms with Crippen LogP contribution in [0.4, 0.5) is 14.9 Å². The molecular weight excluding hydrogens is 289 g/mol. The summed E-state index contributed by atoms with van der Waals surface area (Å²) in [6.07, 6.45) is 1.59. The molecule has 3 nitrogen and oxygen atoms in total. The highest BCUT2D eigenvalue weighted by Gasteiger charge is 2.36. The Hall–Kier alpha value is -2.40. The molecule has 0 bridgehead atoms. The zero-order valence-electron chi connectivity index (χ0n) is 10.8. The Kier molecular flexibility index (Phi) is 3.58. The van der Waals surface area contributed by atoms with E-state index in [-0.39, 0.29) is 17.0 Å². The Balaban J connectivity index is 1.92. The number of carbonyl (C=O) groups is 2. The lowest BCUT2D eigenvalue weighted by Gasteiger charge is -2.11. The van der Waals surface area contributed by atoms with Crippen molar-refractivity contribution in [3.8, 4) is 0 Å². The third-order valence-corrected chi connectivity index (χ3v) is 3.85. The third kappa shape index (κ3) is 2.73. The minimum Gasteiger partial charge on any atom is -0.268 e. The molecule has 104 valence electrons. The lowest BCUT2D eigenvalue weighted by atomic mass is 10.2. The largest absolute Gasteiger partial charge is 0.298 e. The smallest absolute Gasteiger partial charge is 0.268 e. The number of carbonyl (C=O) groups excluding carboxylic acids is 2. The van der Waals surface area contributed by atoms with E-state index in [1.807, 2.05) is 6.07 Å². The quantitative estimate of drug-likeness (QED) is 0.785. The Morgan fingerprint density at radius 2 is 1.62 bits per heavy atom. The van der Waals surface area contributed by atoms with E-state index in [1.165, 1.54) is 12.1 Å². The maximum atomic E-state index is 12.9. The summed E-state index contributed by atoms with van der Waals surface area (Å²) in [7, 11) is 0. The molecule has 2 aromatic rings. The number of hydrogen-bond acceptors (Lipinski definition) is 3. The van der Waals surface area contributed by atoms with Gasteiger partial charge in [-0.25, -0.2) is 9.29 Å². The molecule has 0 spiro atoms. The number of para-hydroxylation sites is 1. The maximum Gasteiger partial charge on any atom is 0.298 e. The highest BCUT2D eigenvalue weighted by atomic mass is 32.2. The van der Waals surface area contributed by atoms with Crippen molar-refractivity contribution in [3.05, 3.63) is 70.9 Å². The number of halogens is 1. The zero-order chi connectivity index (χ0) is 14.8. The van der Waals surface area contributed by atoms with Crippen molar-refractivity contribution >= 4 is 34.7 Å². The fourth-order valence-corrected chi connectivity index (χ4v) is 2.82. The van der Waals surface area contributed by atoms with Gasteiger partial charge in [-0.15, -0.1) is 0 Å². The standard InChI is InChI=1S/C16H10FNO2S/c17-12-8-6-11(7-9-12)10-14-15(19)18(16(20)21-14)13-4-2-1-3-5-13/h1-10H/b14-10+. The second-order valence-corrected chi connectivity index (χ2v) is 5.40. The highest BCUT2D eigenvalue weighted by molar-refractivity contribution is 8.19. The van der Waals surface area contributed by atoms with Crippen molar-refractivity contribution in [3.63, 3.8) is 0 Å². The molecule has 3 rings (SSSR count). The van der Waals surface area contributed by atoms with Gasteiger partial charge in [-0.3, -0.25) is 9.59 Å². The lowest BCUT2D eigenvalue weighted by molar-refractivity contribution is -0.113. The summed E-state index contributed by atoms with van der Waals surface area (Å²) in [6, 6.07) is 14.5. The predicted octanol–water partition coefficient (Wildman–Crippen LogP) is 4.07. The minimum atomic E-state index is -0.361. The zero-order valence-corrected chi connectivity index (χ0v) is 11.6. The van der Waals surface area contributed by atoms with E-state index in [0.29, 0.717) is 16.2 Å². The summed E-state index contributed by atoms with van der Waals surface area (Å²) in [5.74, 6) is -0.704. The molecule has 1 heterocycles. The number of imide groups is 1. The van der Waals surface area contributed by atoms with Crippen LogP contribution in [0.2, 0.25) is 0 Å². The molecule has 1 aliphatic rings. The van der Waals surface area contributed by atoms with Crippen molar-refractivity contribution in [2.45, 2.75) is 0 Å². The first-order valence-corrected chi connectivity index (χ1v) is 7.05. The fourth-order valence-electron chi connectivity index (χ4n) is 1.98. The fraction of sp³-hybridized carbons (Fsp3) is 0.